The summed E-state index contributed by atoms with van der Waals surface area (Å²) < 4.78 is 6.06. The Kier molecular flexibility index (Phi) is 8.29. The Balaban J connectivity index is 1.83. The monoisotopic (exact) mass is 364 g/mol. The molecule has 0 aromatic rings. The summed E-state index contributed by atoms with van der Waals surface area (Å²) in [6.45, 7) is 2.07. The summed E-state index contributed by atoms with van der Waals surface area (Å²) in [7, 11) is 1.72. The number of nitrogens with zero attached hydrogens (tertiary/aromatic N) is 2. The van der Waals surface area contributed by atoms with Crippen LogP contribution in [0.3, 0.4) is 0 Å². The quantitative estimate of drug-likeness (QED) is 0.263. The first-order valence-corrected chi connectivity index (χ1v) is 9.85. The van der Waals surface area contributed by atoms with Gasteiger partial charge in [-0.15, -0.1) is 0 Å². The van der Waals surface area contributed by atoms with E-state index in [1.54, 1.807) is 7.05 Å². The number of carboxylic acid groups (broad SMARTS) is 1. The number of hydrogen-bond donors (Lipinski definition) is 1. The molecular weight excluding hydrogens is 332 g/mol. The lowest BCUT2D eigenvalue weighted by atomic mass is 9.78. The number of hydrazone groups is 1. The number of fused-ring (bicyclic) bond motifs is 2. The molecule has 6 heteroatoms. The first kappa shape index (κ1) is 20.6. The SMILES string of the molecule is CCCCC(=O)N(C)N=C[C@H]1[C@@H](C/C=C\CCCC(=O)O)[C@H]2CC[C@@H]1O2. The van der Waals surface area contributed by atoms with Gasteiger partial charge in [-0.3, -0.25) is 9.59 Å². The van der Waals surface area contributed by atoms with Gasteiger partial charge in [0.25, 0.3) is 0 Å². The Bertz CT molecular complexity index is 532. The van der Waals surface area contributed by atoms with Crippen molar-refractivity contribution in [3.8, 4) is 0 Å². The number of allylic oxidation sites excluding steroid dienone is 2. The zero-order valence-electron chi connectivity index (χ0n) is 16.0. The van der Waals surface area contributed by atoms with Crippen LogP contribution in [0.2, 0.25) is 0 Å². The normalized spacial score (nSPS) is 27.6. The molecule has 2 aliphatic rings. The number of carbonyl (C=O) groups excluding carboxylic acids is 1. The van der Waals surface area contributed by atoms with E-state index in [4.69, 9.17) is 9.84 Å². The zero-order chi connectivity index (χ0) is 18.9. The molecule has 4 atom stereocenters. The second-order valence-electron chi connectivity index (χ2n) is 7.31. The Morgan fingerprint density at radius 3 is 2.69 bits per heavy atom. The van der Waals surface area contributed by atoms with Crippen LogP contribution in [-0.2, 0) is 14.3 Å². The number of hydrogen-bond acceptors (Lipinski definition) is 4. The second kappa shape index (κ2) is 10.5. The third-order valence-corrected chi connectivity index (χ3v) is 5.34. The maximum atomic E-state index is 12.0. The molecule has 0 saturated carbocycles. The lowest BCUT2D eigenvalue weighted by Gasteiger charge is -2.24. The topological polar surface area (TPSA) is 79.2 Å². The van der Waals surface area contributed by atoms with Crippen LogP contribution in [0.1, 0.15) is 64.7 Å². The van der Waals surface area contributed by atoms with Crippen molar-refractivity contribution in [2.75, 3.05) is 7.05 Å². The zero-order valence-corrected chi connectivity index (χ0v) is 16.0. The average molecular weight is 364 g/mol. The molecule has 0 aromatic carbocycles. The van der Waals surface area contributed by atoms with E-state index in [9.17, 15) is 9.59 Å². The van der Waals surface area contributed by atoms with Gasteiger partial charge in [-0.05, 0) is 44.4 Å². The third kappa shape index (κ3) is 5.94. The van der Waals surface area contributed by atoms with Gasteiger partial charge in [0, 0.05) is 32.0 Å². The summed E-state index contributed by atoms with van der Waals surface area (Å²) in [5.41, 5.74) is 0. The van der Waals surface area contributed by atoms with Crippen LogP contribution in [0.5, 0.6) is 0 Å². The summed E-state index contributed by atoms with van der Waals surface area (Å²) >= 11 is 0. The van der Waals surface area contributed by atoms with E-state index in [0.717, 1.165) is 38.5 Å². The number of aliphatic carboxylic acids is 1. The van der Waals surface area contributed by atoms with E-state index >= 15 is 0 Å². The van der Waals surface area contributed by atoms with Gasteiger partial charge in [-0.2, -0.15) is 5.10 Å². The fraction of sp³-hybridized carbons (Fsp3) is 0.750. The molecule has 2 fully saturated rings. The molecule has 0 spiro atoms. The molecular formula is C20H32N2O4. The van der Waals surface area contributed by atoms with Gasteiger partial charge in [0.2, 0.25) is 5.91 Å². The van der Waals surface area contributed by atoms with E-state index in [-0.39, 0.29) is 30.5 Å². The van der Waals surface area contributed by atoms with Crippen molar-refractivity contribution in [1.82, 2.24) is 5.01 Å². The fourth-order valence-corrected chi connectivity index (χ4v) is 3.80. The first-order chi connectivity index (χ1) is 12.5. The number of carboxylic acids is 1. The van der Waals surface area contributed by atoms with Crippen molar-refractivity contribution >= 4 is 18.1 Å². The van der Waals surface area contributed by atoms with Crippen LogP contribution in [0, 0.1) is 11.8 Å². The lowest BCUT2D eigenvalue weighted by Crippen LogP contribution is -2.29. The standard InChI is InChI=1S/C20H32N2O4/c1-3-4-10-19(23)22(2)21-14-16-15(17-12-13-18(16)26-17)9-7-5-6-8-11-20(24)25/h5,7,14-18H,3-4,6,8-13H2,1-2H3,(H,24,25)/b7-5-,21-14?/t15-,16+,17-,18+/m1/s1. The fourth-order valence-electron chi connectivity index (χ4n) is 3.80. The summed E-state index contributed by atoms with van der Waals surface area (Å²) in [4.78, 5) is 22.5. The summed E-state index contributed by atoms with van der Waals surface area (Å²) in [6.07, 6.45) is 13.8. The minimum atomic E-state index is -0.742. The van der Waals surface area contributed by atoms with Gasteiger partial charge in [-0.1, -0.05) is 25.5 Å². The van der Waals surface area contributed by atoms with Crippen LogP contribution >= 0.6 is 0 Å². The molecule has 1 amide bonds. The van der Waals surface area contributed by atoms with Crippen LogP contribution in [0.4, 0.5) is 0 Å². The molecule has 2 aliphatic heterocycles. The molecule has 2 rings (SSSR count). The number of amides is 1. The Hall–Kier alpha value is -1.69. The van der Waals surface area contributed by atoms with Crippen LogP contribution in [0.15, 0.2) is 17.3 Å². The number of rotatable bonds is 11. The van der Waals surface area contributed by atoms with Crippen molar-refractivity contribution in [1.29, 1.82) is 0 Å². The lowest BCUT2D eigenvalue weighted by molar-refractivity contribution is -0.137. The van der Waals surface area contributed by atoms with Gasteiger partial charge < -0.3 is 9.84 Å². The van der Waals surface area contributed by atoms with Crippen LogP contribution in [0.25, 0.3) is 0 Å². The highest BCUT2D eigenvalue weighted by molar-refractivity contribution is 5.77. The average Bonchev–Trinajstić information content (AvgIpc) is 3.21. The molecule has 2 bridgehead atoms. The van der Waals surface area contributed by atoms with Crippen molar-refractivity contribution < 1.29 is 19.4 Å². The van der Waals surface area contributed by atoms with Crippen molar-refractivity contribution in [2.45, 2.75) is 76.9 Å². The van der Waals surface area contributed by atoms with E-state index in [2.05, 4.69) is 24.2 Å². The highest BCUT2D eigenvalue weighted by Crippen LogP contribution is 2.44. The molecule has 0 aliphatic carbocycles. The van der Waals surface area contributed by atoms with E-state index in [1.165, 1.54) is 5.01 Å². The molecule has 0 aromatic heterocycles. The third-order valence-electron chi connectivity index (χ3n) is 5.34. The highest BCUT2D eigenvalue weighted by atomic mass is 16.5. The maximum absolute atomic E-state index is 12.0. The van der Waals surface area contributed by atoms with Gasteiger partial charge in [0.1, 0.15) is 0 Å². The highest BCUT2D eigenvalue weighted by Gasteiger charge is 2.47. The summed E-state index contributed by atoms with van der Waals surface area (Å²) in [5.74, 6) is -0.0398. The van der Waals surface area contributed by atoms with Gasteiger partial charge in [0.05, 0.1) is 12.2 Å². The summed E-state index contributed by atoms with van der Waals surface area (Å²) in [6, 6.07) is 0. The molecule has 1 N–H and O–H groups in total. The molecule has 6 nitrogen and oxygen atoms in total. The summed E-state index contributed by atoms with van der Waals surface area (Å²) in [5, 5.41) is 14.5. The van der Waals surface area contributed by atoms with Crippen LogP contribution < -0.4 is 0 Å². The first-order valence-electron chi connectivity index (χ1n) is 9.85. The number of ether oxygens (including phenoxy) is 1. The Labute approximate surface area is 156 Å². The largest absolute Gasteiger partial charge is 0.481 e. The molecule has 2 heterocycles. The van der Waals surface area contributed by atoms with Gasteiger partial charge >= 0.3 is 5.97 Å². The van der Waals surface area contributed by atoms with Crippen LogP contribution in [-0.4, -0.2) is 47.5 Å². The van der Waals surface area contributed by atoms with E-state index < -0.39 is 5.97 Å². The molecule has 26 heavy (non-hydrogen) atoms. The van der Waals surface area contributed by atoms with Gasteiger partial charge in [0.15, 0.2) is 0 Å². The molecule has 146 valence electrons. The molecule has 2 saturated heterocycles. The minimum Gasteiger partial charge on any atom is -0.481 e. The smallest absolute Gasteiger partial charge is 0.303 e. The van der Waals surface area contributed by atoms with Crippen molar-refractivity contribution in [3.63, 3.8) is 0 Å². The molecule has 0 radical (unpaired) electrons. The second-order valence-corrected chi connectivity index (χ2v) is 7.31. The number of unbranched alkanes of at least 4 members (excludes halogenated alkanes) is 2. The van der Waals surface area contributed by atoms with E-state index in [0.29, 0.717) is 18.8 Å². The predicted molar refractivity (Wildman–Crippen MR) is 101 cm³/mol. The minimum absolute atomic E-state index is 0.0575. The Morgan fingerprint density at radius 1 is 1.19 bits per heavy atom. The van der Waals surface area contributed by atoms with Crippen molar-refractivity contribution in [2.24, 2.45) is 16.9 Å². The van der Waals surface area contributed by atoms with Crippen molar-refractivity contribution in [3.05, 3.63) is 12.2 Å². The molecule has 0 unspecified atom stereocenters. The predicted octanol–water partition coefficient (Wildman–Crippen LogP) is 3.62. The van der Waals surface area contributed by atoms with E-state index in [1.807, 2.05) is 6.21 Å². The Morgan fingerprint density at radius 2 is 1.96 bits per heavy atom. The van der Waals surface area contributed by atoms with Gasteiger partial charge in [-0.25, -0.2) is 5.01 Å². The maximum Gasteiger partial charge on any atom is 0.303 e. The number of carbonyl (C=O) groups is 2.